The first-order valence-corrected chi connectivity index (χ1v) is 6.72. The third kappa shape index (κ3) is 3.58. The smallest absolute Gasteiger partial charge is 0.131 e. The van der Waals surface area contributed by atoms with E-state index >= 15 is 0 Å². The highest BCUT2D eigenvalue weighted by atomic mass is 19.1. The van der Waals surface area contributed by atoms with E-state index in [4.69, 9.17) is 4.74 Å². The molecule has 106 valence electrons. The summed E-state index contributed by atoms with van der Waals surface area (Å²) in [5, 5.41) is 3.33. The molecule has 0 saturated carbocycles. The van der Waals surface area contributed by atoms with E-state index in [1.54, 1.807) is 12.1 Å². The van der Waals surface area contributed by atoms with Crippen molar-refractivity contribution in [3.8, 4) is 5.75 Å². The fraction of sp³-hybridized carbons (Fsp3) is 0.294. The molecule has 3 heteroatoms. The van der Waals surface area contributed by atoms with E-state index in [0.29, 0.717) is 17.9 Å². The number of nitrogens with one attached hydrogen (secondary N) is 1. The van der Waals surface area contributed by atoms with Gasteiger partial charge in [0.05, 0.1) is 7.11 Å². The number of hydrogen-bond donors (Lipinski definition) is 1. The first kappa shape index (κ1) is 14.5. The molecular formula is C17H20FNO. The number of benzene rings is 2. The van der Waals surface area contributed by atoms with Crippen molar-refractivity contribution in [1.29, 1.82) is 0 Å². The fourth-order valence-corrected chi connectivity index (χ4v) is 2.07. The molecule has 0 spiro atoms. The number of methoxy groups -OCH3 is 1. The summed E-state index contributed by atoms with van der Waals surface area (Å²) < 4.78 is 19.0. The number of ether oxygens (including phenoxy) is 1. The maximum absolute atomic E-state index is 13.9. The maximum atomic E-state index is 13.9. The third-order valence-corrected chi connectivity index (χ3v) is 3.41. The van der Waals surface area contributed by atoms with Crippen molar-refractivity contribution >= 4 is 0 Å². The van der Waals surface area contributed by atoms with E-state index in [0.717, 1.165) is 0 Å². The van der Waals surface area contributed by atoms with E-state index in [1.807, 2.05) is 6.92 Å². The second kappa shape index (κ2) is 6.53. The average molecular weight is 273 g/mol. The predicted molar refractivity (Wildman–Crippen MR) is 79.4 cm³/mol. The molecule has 2 nitrogen and oxygen atoms in total. The van der Waals surface area contributed by atoms with Gasteiger partial charge < -0.3 is 10.1 Å². The quantitative estimate of drug-likeness (QED) is 0.889. The van der Waals surface area contributed by atoms with Crippen LogP contribution in [-0.4, -0.2) is 7.11 Å². The molecule has 0 amide bonds. The van der Waals surface area contributed by atoms with Crippen LogP contribution in [0.4, 0.5) is 4.39 Å². The highest BCUT2D eigenvalue weighted by Gasteiger charge is 2.11. The lowest BCUT2D eigenvalue weighted by Gasteiger charge is -2.16. The molecule has 0 aliphatic heterocycles. The van der Waals surface area contributed by atoms with Crippen molar-refractivity contribution in [3.63, 3.8) is 0 Å². The molecule has 2 rings (SSSR count). The Morgan fingerprint density at radius 3 is 2.45 bits per heavy atom. The highest BCUT2D eigenvalue weighted by molar-refractivity contribution is 5.30. The standard InChI is InChI=1S/C17H20FNO/c1-12-4-6-14(7-5-12)11-19-13(2)16-9-8-15(20-3)10-17(16)18/h4-10,13,19H,11H2,1-3H3. The Hall–Kier alpha value is -1.87. The van der Waals surface area contributed by atoms with Crippen LogP contribution in [0, 0.1) is 12.7 Å². The predicted octanol–water partition coefficient (Wildman–Crippen LogP) is 3.99. The molecule has 0 heterocycles. The van der Waals surface area contributed by atoms with Crippen molar-refractivity contribution in [2.24, 2.45) is 0 Å². The first-order chi connectivity index (χ1) is 9.60. The molecule has 2 aromatic carbocycles. The van der Waals surface area contributed by atoms with Crippen LogP contribution in [0.15, 0.2) is 42.5 Å². The molecule has 1 N–H and O–H groups in total. The van der Waals surface area contributed by atoms with Crippen LogP contribution in [0.2, 0.25) is 0 Å². The van der Waals surface area contributed by atoms with Crippen LogP contribution in [0.25, 0.3) is 0 Å². The number of aryl methyl sites for hydroxylation is 1. The molecule has 0 bridgehead atoms. The van der Waals surface area contributed by atoms with Crippen LogP contribution >= 0.6 is 0 Å². The number of hydrogen-bond acceptors (Lipinski definition) is 2. The van der Waals surface area contributed by atoms with E-state index < -0.39 is 0 Å². The van der Waals surface area contributed by atoms with Crippen molar-refractivity contribution < 1.29 is 9.13 Å². The number of halogens is 1. The molecule has 0 aromatic heterocycles. The van der Waals surface area contributed by atoms with Gasteiger partial charge in [0, 0.05) is 24.2 Å². The summed E-state index contributed by atoms with van der Waals surface area (Å²) >= 11 is 0. The SMILES string of the molecule is COc1ccc(C(C)NCc2ccc(C)cc2)c(F)c1. The van der Waals surface area contributed by atoms with Gasteiger partial charge in [0.15, 0.2) is 0 Å². The topological polar surface area (TPSA) is 21.3 Å². The lowest BCUT2D eigenvalue weighted by molar-refractivity contribution is 0.409. The van der Waals surface area contributed by atoms with Crippen molar-refractivity contribution in [3.05, 3.63) is 65.0 Å². The van der Waals surface area contributed by atoms with Gasteiger partial charge in [-0.3, -0.25) is 0 Å². The largest absolute Gasteiger partial charge is 0.497 e. The normalized spacial score (nSPS) is 12.2. The molecular weight excluding hydrogens is 253 g/mol. The van der Waals surface area contributed by atoms with Gasteiger partial charge in [0.2, 0.25) is 0 Å². The second-order valence-corrected chi connectivity index (χ2v) is 4.98. The molecule has 0 fully saturated rings. The maximum Gasteiger partial charge on any atom is 0.131 e. The van der Waals surface area contributed by atoms with E-state index in [1.165, 1.54) is 24.3 Å². The molecule has 0 aliphatic rings. The van der Waals surface area contributed by atoms with Gasteiger partial charge >= 0.3 is 0 Å². The summed E-state index contributed by atoms with van der Waals surface area (Å²) in [4.78, 5) is 0. The Morgan fingerprint density at radius 2 is 1.85 bits per heavy atom. The summed E-state index contributed by atoms with van der Waals surface area (Å²) in [7, 11) is 1.54. The molecule has 1 atom stereocenters. The lowest BCUT2D eigenvalue weighted by atomic mass is 10.1. The minimum Gasteiger partial charge on any atom is -0.497 e. The van der Waals surface area contributed by atoms with Gasteiger partial charge in [-0.25, -0.2) is 4.39 Å². The minimum absolute atomic E-state index is 0.0535. The van der Waals surface area contributed by atoms with Crippen molar-refractivity contribution in [1.82, 2.24) is 5.32 Å². The van der Waals surface area contributed by atoms with Crippen molar-refractivity contribution in [2.75, 3.05) is 7.11 Å². The Balaban J connectivity index is 2.01. The Kier molecular flexibility index (Phi) is 4.74. The fourth-order valence-electron chi connectivity index (χ4n) is 2.07. The van der Waals surface area contributed by atoms with Crippen molar-refractivity contribution in [2.45, 2.75) is 26.4 Å². The van der Waals surface area contributed by atoms with Gasteiger partial charge in [0.1, 0.15) is 11.6 Å². The Labute approximate surface area is 119 Å². The van der Waals surface area contributed by atoms with Crippen LogP contribution < -0.4 is 10.1 Å². The Bertz CT molecular complexity index is 566. The van der Waals surface area contributed by atoms with E-state index in [-0.39, 0.29) is 11.9 Å². The minimum atomic E-state index is -0.242. The van der Waals surface area contributed by atoms with Crippen LogP contribution in [0.3, 0.4) is 0 Å². The van der Waals surface area contributed by atoms with Gasteiger partial charge in [-0.15, -0.1) is 0 Å². The Morgan fingerprint density at radius 1 is 1.15 bits per heavy atom. The zero-order chi connectivity index (χ0) is 14.5. The molecule has 0 radical (unpaired) electrons. The van der Waals surface area contributed by atoms with Gasteiger partial charge in [-0.1, -0.05) is 35.9 Å². The molecule has 2 aromatic rings. The van der Waals surface area contributed by atoms with E-state index in [2.05, 4.69) is 36.5 Å². The third-order valence-electron chi connectivity index (χ3n) is 3.41. The second-order valence-electron chi connectivity index (χ2n) is 4.98. The van der Waals surface area contributed by atoms with Gasteiger partial charge in [0.25, 0.3) is 0 Å². The molecule has 0 aliphatic carbocycles. The summed E-state index contributed by atoms with van der Waals surface area (Å²) in [6, 6.07) is 13.2. The monoisotopic (exact) mass is 273 g/mol. The number of rotatable bonds is 5. The molecule has 1 unspecified atom stereocenters. The summed E-state index contributed by atoms with van der Waals surface area (Å²) in [6.07, 6.45) is 0. The van der Waals surface area contributed by atoms with Crippen LogP contribution in [0.5, 0.6) is 5.75 Å². The average Bonchev–Trinajstić information content (AvgIpc) is 2.46. The van der Waals surface area contributed by atoms with E-state index in [9.17, 15) is 4.39 Å². The first-order valence-electron chi connectivity index (χ1n) is 6.72. The lowest BCUT2D eigenvalue weighted by Crippen LogP contribution is -2.19. The van der Waals surface area contributed by atoms with Crippen LogP contribution in [0.1, 0.15) is 29.7 Å². The summed E-state index contributed by atoms with van der Waals surface area (Å²) in [5.74, 6) is 0.297. The molecule has 20 heavy (non-hydrogen) atoms. The zero-order valence-electron chi connectivity index (χ0n) is 12.1. The van der Waals surface area contributed by atoms with Gasteiger partial charge in [-0.05, 0) is 25.5 Å². The summed E-state index contributed by atoms with van der Waals surface area (Å²) in [6.45, 7) is 4.73. The van der Waals surface area contributed by atoms with Gasteiger partial charge in [-0.2, -0.15) is 0 Å². The van der Waals surface area contributed by atoms with Crippen LogP contribution in [-0.2, 0) is 6.54 Å². The zero-order valence-corrected chi connectivity index (χ0v) is 12.1. The molecule has 0 saturated heterocycles. The highest BCUT2D eigenvalue weighted by Crippen LogP contribution is 2.22. The summed E-state index contributed by atoms with van der Waals surface area (Å²) in [5.41, 5.74) is 3.08.